The molecule has 0 aliphatic heterocycles. The van der Waals surface area contributed by atoms with Crippen LogP contribution in [0.2, 0.25) is 0 Å². The second-order valence-electron chi connectivity index (χ2n) is 3.92. The topological polar surface area (TPSA) is 39.9 Å². The van der Waals surface area contributed by atoms with Crippen molar-refractivity contribution in [3.8, 4) is 5.82 Å². The highest BCUT2D eigenvalue weighted by Crippen LogP contribution is 2.33. The molecule has 0 amide bonds. The molecule has 0 fully saturated rings. The predicted octanol–water partition coefficient (Wildman–Crippen LogP) is 2.99. The first-order chi connectivity index (χ1) is 8.95. The van der Waals surface area contributed by atoms with E-state index in [1.165, 1.54) is 25.6 Å². The Morgan fingerprint density at radius 1 is 1.26 bits per heavy atom. The van der Waals surface area contributed by atoms with Gasteiger partial charge in [-0.25, -0.2) is 9.67 Å². The van der Waals surface area contributed by atoms with Gasteiger partial charge in [-0.1, -0.05) is 0 Å². The van der Waals surface area contributed by atoms with Gasteiger partial charge in [-0.15, -0.1) is 0 Å². The zero-order valence-corrected chi connectivity index (χ0v) is 10.3. The Labute approximate surface area is 107 Å². The van der Waals surface area contributed by atoms with Crippen LogP contribution >= 0.6 is 0 Å². The van der Waals surface area contributed by atoms with Gasteiger partial charge < -0.3 is 4.74 Å². The maximum absolute atomic E-state index is 12.9. The summed E-state index contributed by atoms with van der Waals surface area (Å²) in [5, 5.41) is 3.90. The van der Waals surface area contributed by atoms with Crippen LogP contribution in [0.3, 0.4) is 0 Å². The minimum absolute atomic E-state index is 0.251. The molecule has 0 N–H and O–H groups in total. The Kier molecular flexibility index (Phi) is 3.57. The molecule has 0 aliphatic carbocycles. The van der Waals surface area contributed by atoms with Crippen LogP contribution in [0.5, 0.6) is 0 Å². The van der Waals surface area contributed by atoms with Crippen LogP contribution in [-0.4, -0.2) is 21.9 Å². The van der Waals surface area contributed by atoms with Gasteiger partial charge in [0.2, 0.25) is 0 Å². The third-order valence-corrected chi connectivity index (χ3v) is 2.73. The van der Waals surface area contributed by atoms with Gasteiger partial charge in [-0.2, -0.15) is 18.3 Å². The van der Waals surface area contributed by atoms with Crippen LogP contribution in [-0.2, 0) is 10.9 Å². The fourth-order valence-corrected chi connectivity index (χ4v) is 1.71. The van der Waals surface area contributed by atoms with Crippen LogP contribution in [0.1, 0.15) is 24.3 Å². The lowest BCUT2D eigenvalue weighted by Crippen LogP contribution is -2.15. The molecule has 0 aliphatic rings. The molecule has 0 saturated heterocycles. The van der Waals surface area contributed by atoms with Crippen molar-refractivity contribution in [3.05, 3.63) is 41.9 Å². The second kappa shape index (κ2) is 5.00. The van der Waals surface area contributed by atoms with Crippen LogP contribution in [0.15, 0.2) is 30.6 Å². The molecule has 2 heterocycles. The van der Waals surface area contributed by atoms with Gasteiger partial charge >= 0.3 is 6.18 Å². The molecule has 0 spiro atoms. The molecular formula is C12H12F3N3O. The van der Waals surface area contributed by atoms with Gasteiger partial charge in [0.1, 0.15) is 5.56 Å². The summed E-state index contributed by atoms with van der Waals surface area (Å²) in [6.07, 6.45) is -2.15. The summed E-state index contributed by atoms with van der Waals surface area (Å²) in [6, 6.07) is 3.82. The molecule has 0 aromatic carbocycles. The Bertz CT molecular complexity index is 565. The number of nitrogens with zero attached hydrogens (tertiary/aromatic N) is 3. The van der Waals surface area contributed by atoms with Crippen molar-refractivity contribution in [1.82, 2.24) is 14.8 Å². The van der Waals surface area contributed by atoms with E-state index in [0.717, 1.165) is 10.7 Å². The summed E-state index contributed by atoms with van der Waals surface area (Å²) in [4.78, 5) is 3.79. The van der Waals surface area contributed by atoms with E-state index in [1.54, 1.807) is 13.0 Å². The van der Waals surface area contributed by atoms with Crippen LogP contribution < -0.4 is 0 Å². The van der Waals surface area contributed by atoms with E-state index in [9.17, 15) is 13.2 Å². The second-order valence-corrected chi connectivity index (χ2v) is 3.92. The average molecular weight is 271 g/mol. The first-order valence-electron chi connectivity index (χ1n) is 5.54. The van der Waals surface area contributed by atoms with Crippen molar-refractivity contribution >= 4 is 0 Å². The molecule has 2 rings (SSSR count). The van der Waals surface area contributed by atoms with E-state index in [1.807, 2.05) is 0 Å². The summed E-state index contributed by atoms with van der Waals surface area (Å²) in [5.41, 5.74) is -0.324. The number of methoxy groups -OCH3 is 1. The number of ether oxygens (including phenoxy) is 1. The van der Waals surface area contributed by atoms with Gasteiger partial charge in [-0.05, 0) is 25.1 Å². The molecule has 7 heteroatoms. The molecule has 102 valence electrons. The van der Waals surface area contributed by atoms with E-state index in [2.05, 4.69) is 10.1 Å². The summed E-state index contributed by atoms with van der Waals surface area (Å²) in [6.45, 7) is 1.73. The lowest BCUT2D eigenvalue weighted by atomic mass is 10.2. The third-order valence-electron chi connectivity index (χ3n) is 2.73. The zero-order valence-electron chi connectivity index (χ0n) is 10.3. The normalized spacial score (nSPS) is 13.5. The molecule has 2 aromatic rings. The Balaban J connectivity index is 2.57. The number of halogens is 3. The molecule has 0 bridgehead atoms. The average Bonchev–Trinajstić information content (AvgIpc) is 2.86. The number of aromatic nitrogens is 3. The molecule has 0 radical (unpaired) electrons. The highest BCUT2D eigenvalue weighted by atomic mass is 19.4. The third kappa shape index (κ3) is 2.60. The lowest BCUT2D eigenvalue weighted by molar-refractivity contribution is -0.137. The van der Waals surface area contributed by atoms with E-state index in [0.29, 0.717) is 5.69 Å². The Morgan fingerprint density at radius 3 is 2.63 bits per heavy atom. The SMILES string of the molecule is COC(C)c1ccnn1-c1ncccc1C(F)(F)F. The fraction of sp³-hybridized carbons (Fsp3) is 0.333. The summed E-state index contributed by atoms with van der Waals surface area (Å²) < 4.78 is 45.1. The van der Waals surface area contributed by atoms with Crippen LogP contribution in [0, 0.1) is 0 Å². The van der Waals surface area contributed by atoms with Gasteiger partial charge in [-0.3, -0.25) is 0 Å². The highest BCUT2D eigenvalue weighted by Gasteiger charge is 2.35. The highest BCUT2D eigenvalue weighted by molar-refractivity contribution is 5.36. The first kappa shape index (κ1) is 13.5. The standard InChI is InChI=1S/C12H12F3N3O/c1-8(19-2)10-5-7-17-18(10)11-9(12(13,14)15)4-3-6-16-11/h3-8H,1-2H3. The molecule has 19 heavy (non-hydrogen) atoms. The quantitative estimate of drug-likeness (QED) is 0.861. The van der Waals surface area contributed by atoms with Crippen molar-refractivity contribution in [2.45, 2.75) is 19.2 Å². The summed E-state index contributed by atoms with van der Waals surface area (Å²) in [5.74, 6) is -0.251. The first-order valence-corrected chi connectivity index (χ1v) is 5.54. The molecule has 1 atom stereocenters. The van der Waals surface area contributed by atoms with Crippen molar-refractivity contribution < 1.29 is 17.9 Å². The van der Waals surface area contributed by atoms with Gasteiger partial charge in [0, 0.05) is 19.5 Å². The van der Waals surface area contributed by atoms with Crippen molar-refractivity contribution in [1.29, 1.82) is 0 Å². The number of alkyl halides is 3. The van der Waals surface area contributed by atoms with Crippen molar-refractivity contribution in [2.75, 3.05) is 7.11 Å². The molecule has 0 saturated carbocycles. The van der Waals surface area contributed by atoms with Gasteiger partial charge in [0.15, 0.2) is 5.82 Å². The molecule has 2 aromatic heterocycles. The smallest absolute Gasteiger partial charge is 0.375 e. The van der Waals surface area contributed by atoms with E-state index < -0.39 is 11.7 Å². The number of rotatable bonds is 3. The maximum atomic E-state index is 12.9. The van der Waals surface area contributed by atoms with Gasteiger partial charge in [0.05, 0.1) is 11.8 Å². The summed E-state index contributed by atoms with van der Waals surface area (Å²) >= 11 is 0. The molecular weight excluding hydrogens is 259 g/mol. The van der Waals surface area contributed by atoms with Crippen LogP contribution in [0.4, 0.5) is 13.2 Å². The van der Waals surface area contributed by atoms with E-state index in [-0.39, 0.29) is 11.9 Å². The predicted molar refractivity (Wildman–Crippen MR) is 61.8 cm³/mol. The summed E-state index contributed by atoms with van der Waals surface area (Å²) in [7, 11) is 1.48. The molecule has 4 nitrogen and oxygen atoms in total. The minimum atomic E-state index is -4.48. The largest absolute Gasteiger partial charge is 0.420 e. The Morgan fingerprint density at radius 2 is 2.00 bits per heavy atom. The van der Waals surface area contributed by atoms with Crippen LogP contribution in [0.25, 0.3) is 5.82 Å². The maximum Gasteiger partial charge on any atom is 0.420 e. The van der Waals surface area contributed by atoms with Crippen molar-refractivity contribution in [3.63, 3.8) is 0 Å². The van der Waals surface area contributed by atoms with Gasteiger partial charge in [0.25, 0.3) is 0 Å². The minimum Gasteiger partial charge on any atom is -0.375 e. The number of hydrogen-bond donors (Lipinski definition) is 0. The zero-order chi connectivity index (χ0) is 14.0. The Hall–Kier alpha value is -1.89. The number of pyridine rings is 1. The van der Waals surface area contributed by atoms with E-state index in [4.69, 9.17) is 4.74 Å². The number of hydrogen-bond acceptors (Lipinski definition) is 3. The fourth-order valence-electron chi connectivity index (χ4n) is 1.71. The molecule has 1 unspecified atom stereocenters. The monoisotopic (exact) mass is 271 g/mol. The lowest BCUT2D eigenvalue weighted by Gasteiger charge is -2.15. The van der Waals surface area contributed by atoms with E-state index >= 15 is 0 Å². The van der Waals surface area contributed by atoms with Crippen molar-refractivity contribution in [2.24, 2.45) is 0 Å².